The molecule has 0 bridgehead atoms. The van der Waals surface area contributed by atoms with E-state index in [1.165, 1.54) is 0 Å². The summed E-state index contributed by atoms with van der Waals surface area (Å²) in [5.41, 5.74) is 7.22. The zero-order valence-corrected chi connectivity index (χ0v) is 10.8. The second-order valence-electron chi connectivity index (χ2n) is 3.74. The Morgan fingerprint density at radius 1 is 1.21 bits per heavy atom. The van der Waals surface area contributed by atoms with Crippen LogP contribution in [0.15, 0.2) is 12.4 Å². The van der Waals surface area contributed by atoms with E-state index >= 15 is 0 Å². The normalized spacial score (nSPS) is 10.2. The molecule has 3 N–H and O–H groups in total. The van der Waals surface area contributed by atoms with Crippen molar-refractivity contribution in [3.8, 4) is 6.01 Å². The van der Waals surface area contributed by atoms with Crippen molar-refractivity contribution in [2.24, 2.45) is 0 Å². The minimum atomic E-state index is 0.107. The van der Waals surface area contributed by atoms with Crippen molar-refractivity contribution in [2.75, 3.05) is 17.7 Å². The number of rotatable bonds is 5. The Hall–Kier alpha value is -2.51. The zero-order valence-electron chi connectivity index (χ0n) is 10.8. The van der Waals surface area contributed by atoms with Crippen molar-refractivity contribution in [1.82, 2.24) is 24.9 Å². The molecule has 0 saturated carbocycles. The van der Waals surface area contributed by atoms with E-state index < -0.39 is 0 Å². The number of nitrogen functional groups attached to an aromatic ring is 1. The van der Waals surface area contributed by atoms with Gasteiger partial charge in [-0.15, -0.1) is 0 Å². The molecule has 0 aliphatic carbocycles. The number of nitrogens with one attached hydrogen (secondary N) is 1. The molecule has 2 aromatic rings. The minimum Gasteiger partial charge on any atom is -0.464 e. The van der Waals surface area contributed by atoms with Crippen LogP contribution in [0.5, 0.6) is 6.01 Å². The standard InChI is InChI=1S/C11H15N7O/c1-3-19-11-17-9(12)16-10(18-11)15-6-8-5-13-7(2)4-14-8/h4-5H,3,6H2,1-2H3,(H3,12,15,16,17,18). The smallest absolute Gasteiger partial charge is 0.323 e. The minimum absolute atomic E-state index is 0.107. The Labute approximate surface area is 110 Å². The second-order valence-corrected chi connectivity index (χ2v) is 3.74. The number of hydrogen-bond acceptors (Lipinski definition) is 8. The Morgan fingerprint density at radius 2 is 2.05 bits per heavy atom. The first-order valence-corrected chi connectivity index (χ1v) is 5.83. The van der Waals surface area contributed by atoms with Crippen molar-refractivity contribution < 1.29 is 4.74 Å². The number of nitrogens with zero attached hydrogens (tertiary/aromatic N) is 5. The highest BCUT2D eigenvalue weighted by atomic mass is 16.5. The van der Waals surface area contributed by atoms with Crippen LogP contribution in [0.25, 0.3) is 0 Å². The zero-order chi connectivity index (χ0) is 13.7. The van der Waals surface area contributed by atoms with Crippen LogP contribution in [0.1, 0.15) is 18.3 Å². The maximum absolute atomic E-state index is 5.57. The van der Waals surface area contributed by atoms with Gasteiger partial charge in [0.05, 0.1) is 30.7 Å². The predicted octanol–water partition coefficient (Wildman–Crippen LogP) is 0.563. The molecule has 8 nitrogen and oxygen atoms in total. The third kappa shape index (κ3) is 3.73. The number of ether oxygens (including phenoxy) is 1. The Balaban J connectivity index is 2.04. The molecule has 8 heteroatoms. The average Bonchev–Trinajstić information content (AvgIpc) is 2.38. The van der Waals surface area contributed by atoms with E-state index in [0.29, 0.717) is 19.1 Å². The van der Waals surface area contributed by atoms with Gasteiger partial charge in [-0.1, -0.05) is 0 Å². The van der Waals surface area contributed by atoms with Crippen LogP contribution < -0.4 is 15.8 Å². The molecule has 19 heavy (non-hydrogen) atoms. The molecule has 100 valence electrons. The van der Waals surface area contributed by atoms with Crippen molar-refractivity contribution in [3.63, 3.8) is 0 Å². The molecule has 0 radical (unpaired) electrons. The first kappa shape index (κ1) is 12.9. The van der Waals surface area contributed by atoms with Crippen LogP contribution in [0.4, 0.5) is 11.9 Å². The highest BCUT2D eigenvalue weighted by Crippen LogP contribution is 2.09. The van der Waals surface area contributed by atoms with Crippen LogP contribution in [0.3, 0.4) is 0 Å². The lowest BCUT2D eigenvalue weighted by molar-refractivity contribution is 0.312. The van der Waals surface area contributed by atoms with Crippen LogP contribution in [-0.4, -0.2) is 31.5 Å². The molecule has 0 aliphatic rings. The molecule has 2 rings (SSSR count). The fraction of sp³-hybridized carbons (Fsp3) is 0.364. The molecule has 2 heterocycles. The Bertz CT molecular complexity index is 543. The van der Waals surface area contributed by atoms with E-state index in [1.54, 1.807) is 12.4 Å². The van der Waals surface area contributed by atoms with Gasteiger partial charge in [0.1, 0.15) is 0 Å². The van der Waals surface area contributed by atoms with Crippen molar-refractivity contribution in [2.45, 2.75) is 20.4 Å². The summed E-state index contributed by atoms with van der Waals surface area (Å²) in [7, 11) is 0. The highest BCUT2D eigenvalue weighted by Gasteiger charge is 2.05. The van der Waals surface area contributed by atoms with E-state index in [0.717, 1.165) is 11.4 Å². The van der Waals surface area contributed by atoms with Crippen molar-refractivity contribution in [3.05, 3.63) is 23.8 Å². The summed E-state index contributed by atoms with van der Waals surface area (Å²) in [4.78, 5) is 20.3. The van der Waals surface area contributed by atoms with E-state index in [1.807, 2.05) is 13.8 Å². The van der Waals surface area contributed by atoms with Crippen LogP contribution in [0.2, 0.25) is 0 Å². The summed E-state index contributed by atoms with van der Waals surface area (Å²) in [5, 5.41) is 3.00. The second kappa shape index (κ2) is 5.89. The van der Waals surface area contributed by atoms with Gasteiger partial charge in [0.2, 0.25) is 11.9 Å². The van der Waals surface area contributed by atoms with Gasteiger partial charge in [-0.2, -0.15) is 15.0 Å². The molecular weight excluding hydrogens is 246 g/mol. The maximum atomic E-state index is 5.57. The van der Waals surface area contributed by atoms with Gasteiger partial charge in [-0.3, -0.25) is 9.97 Å². The van der Waals surface area contributed by atoms with Gasteiger partial charge in [-0.25, -0.2) is 0 Å². The predicted molar refractivity (Wildman–Crippen MR) is 69.5 cm³/mol. The molecule has 0 unspecified atom stereocenters. The first-order chi connectivity index (χ1) is 9.17. The third-order valence-corrected chi connectivity index (χ3v) is 2.17. The number of aromatic nitrogens is 5. The van der Waals surface area contributed by atoms with Gasteiger partial charge < -0.3 is 15.8 Å². The molecule has 0 saturated heterocycles. The molecule has 0 fully saturated rings. The Kier molecular flexibility index (Phi) is 4.01. The quantitative estimate of drug-likeness (QED) is 0.803. The largest absolute Gasteiger partial charge is 0.464 e. The fourth-order valence-electron chi connectivity index (χ4n) is 1.33. The maximum Gasteiger partial charge on any atom is 0.323 e. The lowest BCUT2D eigenvalue weighted by Crippen LogP contribution is -2.10. The topological polar surface area (TPSA) is 112 Å². The monoisotopic (exact) mass is 261 g/mol. The number of hydrogen-bond donors (Lipinski definition) is 2. The fourth-order valence-corrected chi connectivity index (χ4v) is 1.33. The SMILES string of the molecule is CCOc1nc(N)nc(NCc2cnc(C)cn2)n1. The highest BCUT2D eigenvalue weighted by molar-refractivity contribution is 5.32. The van der Waals surface area contributed by atoms with Gasteiger partial charge in [-0.05, 0) is 13.8 Å². The molecule has 0 atom stereocenters. The van der Waals surface area contributed by atoms with E-state index in [4.69, 9.17) is 10.5 Å². The third-order valence-electron chi connectivity index (χ3n) is 2.17. The summed E-state index contributed by atoms with van der Waals surface area (Å²) >= 11 is 0. The molecule has 0 aromatic carbocycles. The van der Waals surface area contributed by atoms with Gasteiger partial charge in [0, 0.05) is 6.20 Å². The number of aryl methyl sites for hydroxylation is 1. The average molecular weight is 261 g/mol. The summed E-state index contributed by atoms with van der Waals surface area (Å²) < 4.78 is 5.18. The van der Waals surface area contributed by atoms with Gasteiger partial charge in [0.15, 0.2) is 0 Å². The van der Waals surface area contributed by atoms with Crippen molar-refractivity contribution >= 4 is 11.9 Å². The lowest BCUT2D eigenvalue weighted by atomic mass is 10.4. The van der Waals surface area contributed by atoms with Crippen LogP contribution in [0, 0.1) is 6.92 Å². The van der Waals surface area contributed by atoms with Gasteiger partial charge in [0.25, 0.3) is 0 Å². The number of nitrogens with two attached hydrogens (primary N) is 1. The number of anilines is 2. The molecule has 0 amide bonds. The first-order valence-electron chi connectivity index (χ1n) is 5.83. The Morgan fingerprint density at radius 3 is 2.74 bits per heavy atom. The summed E-state index contributed by atoms with van der Waals surface area (Å²) in [6.07, 6.45) is 3.39. The molecular formula is C11H15N7O. The van der Waals surface area contributed by atoms with Crippen molar-refractivity contribution in [1.29, 1.82) is 0 Å². The summed E-state index contributed by atoms with van der Waals surface area (Å²) in [6.45, 7) is 4.63. The van der Waals surface area contributed by atoms with E-state index in [9.17, 15) is 0 Å². The summed E-state index contributed by atoms with van der Waals surface area (Å²) in [5.74, 6) is 0.453. The van der Waals surface area contributed by atoms with Crippen LogP contribution >= 0.6 is 0 Å². The molecule has 0 aliphatic heterocycles. The van der Waals surface area contributed by atoms with E-state index in [-0.39, 0.29) is 12.0 Å². The van der Waals surface area contributed by atoms with Crippen LogP contribution in [-0.2, 0) is 6.54 Å². The summed E-state index contributed by atoms with van der Waals surface area (Å²) in [6, 6.07) is 0.201. The molecule has 0 spiro atoms. The van der Waals surface area contributed by atoms with Gasteiger partial charge >= 0.3 is 6.01 Å². The lowest BCUT2D eigenvalue weighted by Gasteiger charge is -2.06. The molecule has 2 aromatic heterocycles. The van der Waals surface area contributed by atoms with E-state index in [2.05, 4.69) is 30.2 Å².